The summed E-state index contributed by atoms with van der Waals surface area (Å²) in [5, 5.41) is 8.75. The van der Waals surface area contributed by atoms with Crippen molar-refractivity contribution in [2.45, 2.75) is 181 Å². The lowest BCUT2D eigenvalue weighted by atomic mass is 10.0. The summed E-state index contributed by atoms with van der Waals surface area (Å²) < 4.78 is 0. The average molecular weight is 581 g/mol. The van der Waals surface area contributed by atoms with Crippen molar-refractivity contribution in [1.29, 1.82) is 0 Å². The highest BCUT2D eigenvalue weighted by Crippen LogP contribution is 2.11. The third-order valence-corrected chi connectivity index (χ3v) is 8.00. The number of nitrogens with one attached hydrogen (secondary N) is 3. The van der Waals surface area contributed by atoms with E-state index in [9.17, 15) is 14.4 Å². The largest absolute Gasteiger partial charge is 0.356 e. The summed E-state index contributed by atoms with van der Waals surface area (Å²) in [5.41, 5.74) is 6.01. The van der Waals surface area contributed by atoms with Crippen LogP contribution in [0.25, 0.3) is 0 Å². The summed E-state index contributed by atoms with van der Waals surface area (Å²) in [6, 6.07) is -1.43. The predicted octanol–water partition coefficient (Wildman–Crippen LogP) is 7.31. The second-order valence-electron chi connectivity index (χ2n) is 12.4. The van der Waals surface area contributed by atoms with E-state index in [0.29, 0.717) is 13.1 Å². The fourth-order valence-corrected chi connectivity index (χ4v) is 4.99. The van der Waals surface area contributed by atoms with Gasteiger partial charge in [-0.25, -0.2) is 0 Å². The molecule has 0 aliphatic carbocycles. The normalized spacial score (nSPS) is 12.7. The van der Waals surface area contributed by atoms with Crippen LogP contribution in [0.15, 0.2) is 0 Å². The molecule has 0 aromatic carbocycles. The first-order valence-electron chi connectivity index (χ1n) is 17.4. The van der Waals surface area contributed by atoms with Gasteiger partial charge in [0.05, 0.1) is 6.04 Å². The standard InChI is InChI=1S/C34H68N4O3/c1-5-7-9-11-13-15-17-19-21-23-27-36-31(39)26-25-30(38-34(41)32(35)29(3)4)33(40)37-28-24-22-20-18-16-14-12-10-8-6-2/h29-30,32H,5-28,35H2,1-4H3,(H,36,39)(H,37,40)(H,38,41)/t30-,32-/m0/s1. The lowest BCUT2D eigenvalue weighted by molar-refractivity contribution is -0.130. The number of carbonyl (C=O) groups is 3. The van der Waals surface area contributed by atoms with E-state index < -0.39 is 12.1 Å². The molecule has 2 atom stereocenters. The molecular formula is C34H68N4O3. The molecule has 0 aliphatic rings. The number of nitrogens with two attached hydrogens (primary N) is 1. The Balaban J connectivity index is 4.25. The zero-order chi connectivity index (χ0) is 30.6. The van der Waals surface area contributed by atoms with Crippen LogP contribution in [0.4, 0.5) is 0 Å². The van der Waals surface area contributed by atoms with Crippen LogP contribution in [0, 0.1) is 5.92 Å². The van der Waals surface area contributed by atoms with E-state index in [1.165, 1.54) is 103 Å². The number of carbonyl (C=O) groups excluding carboxylic acids is 3. The van der Waals surface area contributed by atoms with E-state index in [1.54, 1.807) is 0 Å². The zero-order valence-electron chi connectivity index (χ0n) is 27.5. The third kappa shape index (κ3) is 24.7. The van der Waals surface area contributed by atoms with Crippen molar-refractivity contribution in [2.24, 2.45) is 11.7 Å². The molecule has 0 aromatic heterocycles. The molecule has 5 N–H and O–H groups in total. The Bertz CT molecular complexity index is 641. The fourth-order valence-electron chi connectivity index (χ4n) is 4.99. The number of amides is 3. The Hall–Kier alpha value is -1.63. The lowest BCUT2D eigenvalue weighted by Crippen LogP contribution is -2.53. The van der Waals surface area contributed by atoms with Crippen LogP contribution >= 0.6 is 0 Å². The van der Waals surface area contributed by atoms with E-state index in [-0.39, 0.29) is 36.5 Å². The number of unbranched alkanes of at least 4 members (excludes halogenated alkanes) is 18. The van der Waals surface area contributed by atoms with E-state index in [4.69, 9.17) is 5.73 Å². The molecule has 7 nitrogen and oxygen atoms in total. The van der Waals surface area contributed by atoms with Crippen molar-refractivity contribution in [3.63, 3.8) is 0 Å². The van der Waals surface area contributed by atoms with Crippen molar-refractivity contribution in [3.8, 4) is 0 Å². The second-order valence-corrected chi connectivity index (χ2v) is 12.4. The van der Waals surface area contributed by atoms with Crippen LogP contribution < -0.4 is 21.7 Å². The van der Waals surface area contributed by atoms with Crippen LogP contribution in [-0.2, 0) is 14.4 Å². The minimum atomic E-state index is -0.751. The van der Waals surface area contributed by atoms with E-state index >= 15 is 0 Å². The van der Waals surface area contributed by atoms with Gasteiger partial charge in [0.1, 0.15) is 6.04 Å². The van der Waals surface area contributed by atoms with Crippen LogP contribution in [0.5, 0.6) is 0 Å². The minimum absolute atomic E-state index is 0.0327. The average Bonchev–Trinajstić information content (AvgIpc) is 2.95. The molecule has 0 unspecified atom stereocenters. The fraction of sp³-hybridized carbons (Fsp3) is 0.912. The molecule has 0 radical (unpaired) electrons. The van der Waals surface area contributed by atoms with E-state index in [2.05, 4.69) is 29.8 Å². The van der Waals surface area contributed by atoms with Crippen LogP contribution in [0.1, 0.15) is 169 Å². The first-order valence-corrected chi connectivity index (χ1v) is 17.4. The van der Waals surface area contributed by atoms with Crippen molar-refractivity contribution >= 4 is 17.7 Å². The maximum absolute atomic E-state index is 12.9. The first-order chi connectivity index (χ1) is 19.8. The van der Waals surface area contributed by atoms with Gasteiger partial charge in [-0.15, -0.1) is 0 Å². The lowest BCUT2D eigenvalue weighted by Gasteiger charge is -2.22. The van der Waals surface area contributed by atoms with Gasteiger partial charge < -0.3 is 21.7 Å². The van der Waals surface area contributed by atoms with Gasteiger partial charge in [0.15, 0.2) is 0 Å². The zero-order valence-corrected chi connectivity index (χ0v) is 27.5. The molecule has 0 saturated carbocycles. The highest BCUT2D eigenvalue weighted by Gasteiger charge is 2.25. The quantitative estimate of drug-likeness (QED) is 0.0695. The maximum atomic E-state index is 12.9. The first kappa shape index (κ1) is 39.4. The van der Waals surface area contributed by atoms with Gasteiger partial charge in [-0.1, -0.05) is 143 Å². The molecule has 3 amide bonds. The number of hydrogen-bond acceptors (Lipinski definition) is 4. The summed E-state index contributed by atoms with van der Waals surface area (Å²) in [4.78, 5) is 37.9. The minimum Gasteiger partial charge on any atom is -0.356 e. The van der Waals surface area contributed by atoms with E-state index in [1.807, 2.05) is 13.8 Å². The van der Waals surface area contributed by atoms with Crippen molar-refractivity contribution in [1.82, 2.24) is 16.0 Å². The van der Waals surface area contributed by atoms with Gasteiger partial charge in [-0.05, 0) is 25.2 Å². The van der Waals surface area contributed by atoms with Crippen LogP contribution in [-0.4, -0.2) is 42.9 Å². The molecule has 0 aromatic rings. The van der Waals surface area contributed by atoms with Gasteiger partial charge in [-0.2, -0.15) is 0 Å². The van der Waals surface area contributed by atoms with Gasteiger partial charge in [0, 0.05) is 19.5 Å². The van der Waals surface area contributed by atoms with Gasteiger partial charge in [0.25, 0.3) is 0 Å². The molecule has 7 heteroatoms. The SMILES string of the molecule is CCCCCCCCCCCCNC(=O)CC[C@H](NC(=O)[C@@H](N)C(C)C)C(=O)NCCCCCCCCCCCC. The number of hydrogen-bond donors (Lipinski definition) is 4. The Morgan fingerprint density at radius 3 is 1.37 bits per heavy atom. The molecular weight excluding hydrogens is 512 g/mol. The molecule has 0 fully saturated rings. The summed E-state index contributed by atoms with van der Waals surface area (Å²) in [6.45, 7) is 9.50. The second kappa shape index (κ2) is 28.5. The van der Waals surface area contributed by atoms with Gasteiger partial charge in [-0.3, -0.25) is 14.4 Å². The molecule has 0 bridgehead atoms. The summed E-state index contributed by atoms with van der Waals surface area (Å²) in [5.74, 6) is -0.678. The highest BCUT2D eigenvalue weighted by molar-refractivity contribution is 5.90. The van der Waals surface area contributed by atoms with E-state index in [0.717, 1.165) is 25.7 Å². The molecule has 0 rings (SSSR count). The Morgan fingerprint density at radius 1 is 0.561 bits per heavy atom. The Labute approximate surface area is 253 Å². The maximum Gasteiger partial charge on any atom is 0.242 e. The topological polar surface area (TPSA) is 113 Å². The summed E-state index contributed by atoms with van der Waals surface area (Å²) in [6.07, 6.45) is 25.4. The van der Waals surface area contributed by atoms with Crippen molar-refractivity contribution < 1.29 is 14.4 Å². The van der Waals surface area contributed by atoms with Gasteiger partial charge >= 0.3 is 0 Å². The Kier molecular flexibility index (Phi) is 27.4. The van der Waals surface area contributed by atoms with Crippen LogP contribution in [0.3, 0.4) is 0 Å². The predicted molar refractivity (Wildman–Crippen MR) is 174 cm³/mol. The summed E-state index contributed by atoms with van der Waals surface area (Å²) >= 11 is 0. The van der Waals surface area contributed by atoms with Gasteiger partial charge in [0.2, 0.25) is 17.7 Å². The molecule has 0 heterocycles. The summed E-state index contributed by atoms with van der Waals surface area (Å²) in [7, 11) is 0. The third-order valence-electron chi connectivity index (χ3n) is 8.00. The number of rotatable bonds is 29. The monoisotopic (exact) mass is 581 g/mol. The van der Waals surface area contributed by atoms with Crippen molar-refractivity contribution in [3.05, 3.63) is 0 Å². The molecule has 0 aliphatic heterocycles. The highest BCUT2D eigenvalue weighted by atomic mass is 16.2. The Morgan fingerprint density at radius 2 is 0.951 bits per heavy atom. The molecule has 0 spiro atoms. The smallest absolute Gasteiger partial charge is 0.242 e. The van der Waals surface area contributed by atoms with Crippen LogP contribution in [0.2, 0.25) is 0 Å². The molecule has 41 heavy (non-hydrogen) atoms. The molecule has 0 saturated heterocycles. The molecule has 242 valence electrons. The van der Waals surface area contributed by atoms with Crippen molar-refractivity contribution in [2.75, 3.05) is 13.1 Å².